The smallest absolute Gasteiger partial charge is 0.267 e. The van der Waals surface area contributed by atoms with Gasteiger partial charge in [0.25, 0.3) is 17.3 Å². The van der Waals surface area contributed by atoms with E-state index in [0.717, 1.165) is 31.4 Å². The number of nitrogens with one attached hydrogen (secondary N) is 1. The van der Waals surface area contributed by atoms with Crippen molar-refractivity contribution in [3.8, 4) is 11.5 Å². The minimum atomic E-state index is -0.552. The van der Waals surface area contributed by atoms with Gasteiger partial charge < -0.3 is 14.8 Å². The number of hydrogen-bond donors (Lipinski definition) is 1. The number of aromatic nitrogens is 2. The molecule has 1 amide bonds. The lowest BCUT2D eigenvalue weighted by molar-refractivity contribution is -0.105. The van der Waals surface area contributed by atoms with Crippen LogP contribution in [0.25, 0.3) is 0 Å². The number of ether oxygens (including phenoxy) is 2. The molecule has 1 saturated carbocycles. The predicted octanol–water partition coefficient (Wildman–Crippen LogP) is 3.03. The SMILES string of the molecule is O=C(Nc1ccc2c(c1)OC1(CCCCC1)O2)c1cnc2n(c1=O)CCS2. The Morgan fingerprint density at radius 1 is 1.19 bits per heavy atom. The third-order valence-electron chi connectivity index (χ3n) is 5.21. The lowest BCUT2D eigenvalue weighted by Crippen LogP contribution is -2.40. The maximum Gasteiger partial charge on any atom is 0.267 e. The molecule has 27 heavy (non-hydrogen) atoms. The number of anilines is 1. The first-order valence-electron chi connectivity index (χ1n) is 9.20. The van der Waals surface area contributed by atoms with Crippen molar-refractivity contribution in [3.63, 3.8) is 0 Å². The van der Waals surface area contributed by atoms with E-state index in [1.54, 1.807) is 22.8 Å². The quantitative estimate of drug-likeness (QED) is 0.800. The molecule has 1 aromatic carbocycles. The summed E-state index contributed by atoms with van der Waals surface area (Å²) in [6.45, 7) is 0.582. The molecular formula is C19H19N3O4S. The minimum Gasteiger partial charge on any atom is -0.448 e. The summed E-state index contributed by atoms with van der Waals surface area (Å²) in [5.41, 5.74) is 0.307. The van der Waals surface area contributed by atoms with E-state index in [1.165, 1.54) is 24.4 Å². The van der Waals surface area contributed by atoms with Crippen LogP contribution in [-0.4, -0.2) is 27.0 Å². The van der Waals surface area contributed by atoms with Gasteiger partial charge in [-0.25, -0.2) is 4.98 Å². The summed E-state index contributed by atoms with van der Waals surface area (Å²) in [4.78, 5) is 29.3. The molecular weight excluding hydrogens is 366 g/mol. The lowest BCUT2D eigenvalue weighted by Gasteiger charge is -2.31. The molecule has 1 aliphatic carbocycles. The van der Waals surface area contributed by atoms with Gasteiger partial charge in [0.2, 0.25) is 0 Å². The second-order valence-electron chi connectivity index (χ2n) is 7.05. The van der Waals surface area contributed by atoms with E-state index in [4.69, 9.17) is 9.47 Å². The van der Waals surface area contributed by atoms with Crippen molar-refractivity contribution in [1.82, 2.24) is 9.55 Å². The number of rotatable bonds is 2. The highest BCUT2D eigenvalue weighted by Gasteiger charge is 2.42. The summed E-state index contributed by atoms with van der Waals surface area (Å²) >= 11 is 1.52. The molecule has 0 saturated heterocycles. The van der Waals surface area contributed by atoms with Crippen molar-refractivity contribution in [2.45, 2.75) is 49.6 Å². The number of carbonyl (C=O) groups excluding carboxylic acids is 1. The summed E-state index contributed by atoms with van der Waals surface area (Å²) in [5.74, 6) is 1.12. The van der Waals surface area contributed by atoms with Crippen LogP contribution in [0.2, 0.25) is 0 Å². The Bertz CT molecular complexity index is 981. The van der Waals surface area contributed by atoms with Crippen molar-refractivity contribution in [3.05, 3.63) is 40.3 Å². The molecule has 2 aliphatic heterocycles. The predicted molar refractivity (Wildman–Crippen MR) is 101 cm³/mol. The molecule has 7 nitrogen and oxygen atoms in total. The monoisotopic (exact) mass is 385 g/mol. The standard InChI is InChI=1S/C19H19N3O4S/c23-16(13-11-20-18-22(17(13)24)8-9-27-18)21-12-4-5-14-15(10-12)26-19(25-14)6-2-1-3-7-19/h4-5,10-11H,1-3,6-9H2,(H,21,23). The molecule has 0 atom stereocenters. The Morgan fingerprint density at radius 3 is 2.85 bits per heavy atom. The van der Waals surface area contributed by atoms with Crippen LogP contribution >= 0.6 is 11.8 Å². The first-order chi connectivity index (χ1) is 13.1. The lowest BCUT2D eigenvalue weighted by atomic mass is 9.94. The second-order valence-corrected chi connectivity index (χ2v) is 8.11. The molecule has 1 aromatic heterocycles. The molecule has 1 fully saturated rings. The van der Waals surface area contributed by atoms with Crippen molar-refractivity contribution >= 4 is 23.4 Å². The van der Waals surface area contributed by atoms with Gasteiger partial charge in [-0.15, -0.1) is 0 Å². The second kappa shape index (κ2) is 6.30. The normalized spacial score (nSPS) is 19.1. The molecule has 0 bridgehead atoms. The van der Waals surface area contributed by atoms with Gasteiger partial charge in [-0.1, -0.05) is 18.2 Å². The zero-order chi connectivity index (χ0) is 18.4. The summed E-state index contributed by atoms with van der Waals surface area (Å²) in [7, 11) is 0. The van der Waals surface area contributed by atoms with Gasteiger partial charge in [-0.05, 0) is 25.0 Å². The molecule has 2 aromatic rings. The Morgan fingerprint density at radius 2 is 2.00 bits per heavy atom. The van der Waals surface area contributed by atoms with Crippen LogP contribution in [0, 0.1) is 0 Å². The van der Waals surface area contributed by atoms with Crippen LogP contribution in [0.3, 0.4) is 0 Å². The van der Waals surface area contributed by atoms with Crippen LogP contribution < -0.4 is 20.3 Å². The Kier molecular flexibility index (Phi) is 3.89. The van der Waals surface area contributed by atoms with E-state index in [9.17, 15) is 9.59 Å². The topological polar surface area (TPSA) is 82.4 Å². The van der Waals surface area contributed by atoms with Crippen molar-refractivity contribution < 1.29 is 14.3 Å². The van der Waals surface area contributed by atoms with E-state index < -0.39 is 11.7 Å². The summed E-state index contributed by atoms with van der Waals surface area (Å²) in [6.07, 6.45) is 6.48. The molecule has 1 N–H and O–H groups in total. The fourth-order valence-electron chi connectivity index (χ4n) is 3.84. The highest BCUT2D eigenvalue weighted by molar-refractivity contribution is 7.99. The number of amides is 1. The highest BCUT2D eigenvalue weighted by Crippen LogP contribution is 2.46. The molecule has 0 radical (unpaired) electrons. The van der Waals surface area contributed by atoms with Gasteiger partial charge in [0.05, 0.1) is 0 Å². The molecule has 0 unspecified atom stereocenters. The number of thioether (sulfide) groups is 1. The Hall–Kier alpha value is -2.48. The van der Waals surface area contributed by atoms with Crippen LogP contribution in [-0.2, 0) is 6.54 Å². The summed E-state index contributed by atoms with van der Waals surface area (Å²) in [5, 5.41) is 3.44. The number of benzene rings is 1. The molecule has 140 valence electrons. The number of nitrogens with zero attached hydrogens (tertiary/aromatic N) is 2. The Labute approximate surface area is 160 Å². The average molecular weight is 385 g/mol. The van der Waals surface area contributed by atoms with Crippen LogP contribution in [0.5, 0.6) is 11.5 Å². The number of hydrogen-bond acceptors (Lipinski definition) is 6. The third-order valence-corrected chi connectivity index (χ3v) is 6.18. The first kappa shape index (κ1) is 16.7. The molecule has 5 rings (SSSR count). The van der Waals surface area contributed by atoms with Gasteiger partial charge in [0.1, 0.15) is 5.56 Å². The molecule has 3 heterocycles. The zero-order valence-corrected chi connectivity index (χ0v) is 15.5. The van der Waals surface area contributed by atoms with E-state index in [2.05, 4.69) is 10.3 Å². The minimum absolute atomic E-state index is 0.0441. The summed E-state index contributed by atoms with van der Waals surface area (Å²) < 4.78 is 13.7. The van der Waals surface area contributed by atoms with E-state index in [0.29, 0.717) is 28.9 Å². The number of fused-ring (bicyclic) bond motifs is 2. The van der Waals surface area contributed by atoms with Crippen molar-refractivity contribution in [1.29, 1.82) is 0 Å². The van der Waals surface area contributed by atoms with Gasteiger partial charge in [-0.2, -0.15) is 0 Å². The van der Waals surface area contributed by atoms with Crippen LogP contribution in [0.4, 0.5) is 5.69 Å². The largest absolute Gasteiger partial charge is 0.448 e. The molecule has 8 heteroatoms. The first-order valence-corrected chi connectivity index (χ1v) is 10.2. The van der Waals surface area contributed by atoms with Gasteiger partial charge in [0, 0.05) is 43.1 Å². The van der Waals surface area contributed by atoms with Crippen molar-refractivity contribution in [2.75, 3.05) is 11.1 Å². The maximum atomic E-state index is 12.6. The van der Waals surface area contributed by atoms with Crippen LogP contribution in [0.15, 0.2) is 34.3 Å². The molecule has 1 spiro atoms. The molecule has 3 aliphatic rings. The highest BCUT2D eigenvalue weighted by atomic mass is 32.2. The zero-order valence-electron chi connectivity index (χ0n) is 14.7. The van der Waals surface area contributed by atoms with Gasteiger partial charge in [0.15, 0.2) is 16.7 Å². The number of carbonyl (C=O) groups is 1. The van der Waals surface area contributed by atoms with E-state index in [-0.39, 0.29) is 11.1 Å². The average Bonchev–Trinajstić information content (AvgIpc) is 3.27. The Balaban J connectivity index is 1.36. The van der Waals surface area contributed by atoms with Crippen molar-refractivity contribution in [2.24, 2.45) is 0 Å². The maximum absolute atomic E-state index is 12.6. The van der Waals surface area contributed by atoms with Crippen LogP contribution in [0.1, 0.15) is 42.5 Å². The van der Waals surface area contributed by atoms with Gasteiger partial charge in [-0.3, -0.25) is 14.2 Å². The fourth-order valence-corrected chi connectivity index (χ4v) is 4.75. The van der Waals surface area contributed by atoms with Gasteiger partial charge >= 0.3 is 0 Å². The van der Waals surface area contributed by atoms with E-state index >= 15 is 0 Å². The summed E-state index contributed by atoms with van der Waals surface area (Å²) in [6, 6.07) is 5.32. The third kappa shape index (κ3) is 2.88. The van der Waals surface area contributed by atoms with E-state index in [1.807, 2.05) is 0 Å². The fraction of sp³-hybridized carbons (Fsp3) is 0.421.